The Bertz CT molecular complexity index is 762. The minimum Gasteiger partial charge on any atom is -0.364 e. The van der Waals surface area contributed by atoms with Gasteiger partial charge in [0.15, 0.2) is 11.4 Å². The molecule has 0 spiro atoms. The molecule has 5 heteroatoms. The predicted octanol–water partition coefficient (Wildman–Crippen LogP) is 3.01. The van der Waals surface area contributed by atoms with E-state index in [2.05, 4.69) is 10.6 Å². The number of nitrogens with one attached hydrogen (secondary N) is 2. The zero-order valence-corrected chi connectivity index (χ0v) is 16.4. The average Bonchev–Trinajstić information content (AvgIpc) is 2.71. The van der Waals surface area contributed by atoms with Crippen molar-refractivity contribution < 1.29 is 29.7 Å². The van der Waals surface area contributed by atoms with Crippen LogP contribution in [0.5, 0.6) is 0 Å². The first-order valence-electron chi connectivity index (χ1n) is 8.42. The van der Waals surface area contributed by atoms with E-state index in [1.54, 1.807) is 24.6 Å². The molecule has 2 aromatic carbocycles. The summed E-state index contributed by atoms with van der Waals surface area (Å²) in [5.41, 5.74) is -0.405. The summed E-state index contributed by atoms with van der Waals surface area (Å²) in [5, 5.41) is 26.0. The van der Waals surface area contributed by atoms with Gasteiger partial charge in [0.25, 0.3) is 0 Å². The SMILES string of the molecule is OC1(c2ccccc2)C=CC=CN1.OC1(c2ccccc2)C=CC=CN1.[Ru+3]. The van der Waals surface area contributed by atoms with E-state index < -0.39 is 11.4 Å². The van der Waals surface area contributed by atoms with Crippen molar-refractivity contribution in [3.05, 3.63) is 121 Å². The Balaban J connectivity index is 0.000000187. The molecule has 0 fully saturated rings. The van der Waals surface area contributed by atoms with Crippen molar-refractivity contribution in [1.29, 1.82) is 0 Å². The molecule has 0 saturated heterocycles. The van der Waals surface area contributed by atoms with Gasteiger partial charge in [-0.25, -0.2) is 0 Å². The van der Waals surface area contributed by atoms with Crippen LogP contribution < -0.4 is 10.6 Å². The van der Waals surface area contributed by atoms with Crippen molar-refractivity contribution in [3.8, 4) is 0 Å². The van der Waals surface area contributed by atoms with Gasteiger partial charge in [0.05, 0.1) is 0 Å². The molecule has 0 aliphatic carbocycles. The zero-order chi connectivity index (χ0) is 18.3. The van der Waals surface area contributed by atoms with E-state index in [4.69, 9.17) is 0 Å². The van der Waals surface area contributed by atoms with Gasteiger partial charge in [-0.1, -0.05) is 72.8 Å². The normalized spacial score (nSPS) is 24.7. The molecular formula is C22H22N2O2Ru+3. The second-order valence-corrected chi connectivity index (χ2v) is 5.99. The number of rotatable bonds is 2. The Morgan fingerprint density at radius 3 is 1.22 bits per heavy atom. The van der Waals surface area contributed by atoms with Crippen LogP contribution in [0, 0.1) is 0 Å². The number of allylic oxidation sites excluding steroid dienone is 4. The third-order valence-corrected chi connectivity index (χ3v) is 4.12. The van der Waals surface area contributed by atoms with E-state index in [1.807, 2.05) is 85.0 Å². The molecule has 1 radical (unpaired) electrons. The quantitative estimate of drug-likeness (QED) is 0.535. The summed E-state index contributed by atoms with van der Waals surface area (Å²) in [6, 6.07) is 19.0. The number of dihydropyridines is 2. The zero-order valence-electron chi connectivity index (χ0n) is 14.6. The van der Waals surface area contributed by atoms with Gasteiger partial charge in [0.1, 0.15) is 0 Å². The summed E-state index contributed by atoms with van der Waals surface area (Å²) < 4.78 is 0. The number of hydrogen-bond donors (Lipinski definition) is 4. The molecule has 27 heavy (non-hydrogen) atoms. The van der Waals surface area contributed by atoms with Gasteiger partial charge in [-0.05, 0) is 36.7 Å². The van der Waals surface area contributed by atoms with Crippen LogP contribution in [0.3, 0.4) is 0 Å². The largest absolute Gasteiger partial charge is 3.00 e. The predicted molar refractivity (Wildman–Crippen MR) is 104 cm³/mol. The summed E-state index contributed by atoms with van der Waals surface area (Å²) in [4.78, 5) is 0. The molecule has 2 aliphatic heterocycles. The van der Waals surface area contributed by atoms with Crippen LogP contribution in [0.1, 0.15) is 11.1 Å². The van der Waals surface area contributed by atoms with Crippen LogP contribution in [-0.2, 0) is 30.9 Å². The van der Waals surface area contributed by atoms with Gasteiger partial charge in [-0.3, -0.25) is 0 Å². The Labute approximate surface area is 172 Å². The van der Waals surface area contributed by atoms with Gasteiger partial charge in [0.2, 0.25) is 0 Å². The van der Waals surface area contributed by atoms with E-state index in [-0.39, 0.29) is 19.5 Å². The molecule has 2 aliphatic rings. The van der Waals surface area contributed by atoms with E-state index in [0.29, 0.717) is 0 Å². The molecule has 137 valence electrons. The fraction of sp³-hybridized carbons (Fsp3) is 0.0909. The van der Waals surface area contributed by atoms with Gasteiger partial charge >= 0.3 is 19.5 Å². The summed E-state index contributed by atoms with van der Waals surface area (Å²) in [6.45, 7) is 0. The van der Waals surface area contributed by atoms with Gasteiger partial charge in [-0.15, -0.1) is 0 Å². The van der Waals surface area contributed by atoms with Crippen LogP contribution >= 0.6 is 0 Å². The summed E-state index contributed by atoms with van der Waals surface area (Å²) in [7, 11) is 0. The molecule has 0 aromatic heterocycles. The monoisotopic (exact) mass is 448 g/mol. The average molecular weight is 448 g/mol. The summed E-state index contributed by atoms with van der Waals surface area (Å²) >= 11 is 0. The first kappa shape index (κ1) is 20.9. The van der Waals surface area contributed by atoms with Gasteiger partial charge in [0, 0.05) is 11.1 Å². The first-order valence-corrected chi connectivity index (χ1v) is 8.42. The fourth-order valence-corrected chi connectivity index (χ4v) is 2.69. The maximum absolute atomic E-state index is 10.1. The van der Waals surface area contributed by atoms with Crippen LogP contribution in [0.2, 0.25) is 0 Å². The van der Waals surface area contributed by atoms with E-state index >= 15 is 0 Å². The second-order valence-electron chi connectivity index (χ2n) is 5.99. The molecule has 2 unspecified atom stereocenters. The number of hydrogen-bond acceptors (Lipinski definition) is 4. The van der Waals surface area contributed by atoms with Gasteiger partial charge < -0.3 is 20.8 Å². The van der Waals surface area contributed by atoms with Crippen molar-refractivity contribution in [2.24, 2.45) is 0 Å². The van der Waals surface area contributed by atoms with E-state index in [0.717, 1.165) is 11.1 Å². The third-order valence-electron chi connectivity index (χ3n) is 4.12. The molecule has 0 saturated carbocycles. The Hall–Kier alpha value is -2.46. The van der Waals surface area contributed by atoms with Crippen molar-refractivity contribution in [2.45, 2.75) is 11.4 Å². The van der Waals surface area contributed by atoms with E-state index in [1.165, 1.54) is 0 Å². The maximum atomic E-state index is 10.1. The van der Waals surface area contributed by atoms with Crippen molar-refractivity contribution in [3.63, 3.8) is 0 Å². The fourth-order valence-electron chi connectivity index (χ4n) is 2.69. The summed E-state index contributed by atoms with van der Waals surface area (Å²) in [5.74, 6) is 0. The molecule has 2 heterocycles. The first-order chi connectivity index (χ1) is 12.6. The molecular weight excluding hydrogens is 425 g/mol. The Morgan fingerprint density at radius 2 is 0.926 bits per heavy atom. The molecule has 0 amide bonds. The second kappa shape index (κ2) is 9.47. The van der Waals surface area contributed by atoms with Crippen molar-refractivity contribution in [2.75, 3.05) is 0 Å². The molecule has 2 aromatic rings. The number of aliphatic hydroxyl groups is 2. The topological polar surface area (TPSA) is 64.5 Å². The Kier molecular flexibility index (Phi) is 7.31. The summed E-state index contributed by atoms with van der Waals surface area (Å²) in [6.07, 6.45) is 14.2. The molecule has 4 N–H and O–H groups in total. The smallest absolute Gasteiger partial charge is 0.364 e. The van der Waals surface area contributed by atoms with Gasteiger partial charge in [-0.2, -0.15) is 0 Å². The minimum atomic E-state index is -1.05. The number of benzene rings is 2. The molecule has 4 nitrogen and oxygen atoms in total. The molecule has 2 atom stereocenters. The van der Waals surface area contributed by atoms with Crippen LogP contribution in [-0.4, -0.2) is 10.2 Å². The third kappa shape index (κ3) is 5.27. The maximum Gasteiger partial charge on any atom is 3.00 e. The van der Waals surface area contributed by atoms with Crippen LogP contribution in [0.15, 0.2) is 110 Å². The Morgan fingerprint density at radius 1 is 0.556 bits per heavy atom. The molecule has 4 rings (SSSR count). The van der Waals surface area contributed by atoms with Crippen molar-refractivity contribution >= 4 is 0 Å². The van der Waals surface area contributed by atoms with E-state index in [9.17, 15) is 10.2 Å². The van der Waals surface area contributed by atoms with Crippen LogP contribution in [0.25, 0.3) is 0 Å². The standard InChI is InChI=1S/2C11H11NO.Ru/c2*13-11(8-4-5-9-12-11)10-6-2-1-3-7-10;/h2*1-9,12-13H;/q;;+3. The molecule has 0 bridgehead atoms. The minimum absolute atomic E-state index is 0. The van der Waals surface area contributed by atoms with Crippen LogP contribution in [0.4, 0.5) is 0 Å². The van der Waals surface area contributed by atoms with Crippen molar-refractivity contribution in [1.82, 2.24) is 10.6 Å².